The zero-order valence-electron chi connectivity index (χ0n) is 12.3. The van der Waals surface area contributed by atoms with E-state index in [4.69, 9.17) is 16.3 Å². The van der Waals surface area contributed by atoms with Crippen molar-refractivity contribution in [1.82, 2.24) is 4.98 Å². The second-order valence-corrected chi connectivity index (χ2v) is 6.43. The molecule has 0 saturated carbocycles. The van der Waals surface area contributed by atoms with E-state index in [1.54, 1.807) is 12.1 Å². The summed E-state index contributed by atoms with van der Waals surface area (Å²) in [5, 5.41) is 3.93. The highest BCUT2D eigenvalue weighted by atomic mass is 35.5. The van der Waals surface area contributed by atoms with Crippen LogP contribution in [0.4, 0.5) is 5.13 Å². The van der Waals surface area contributed by atoms with Gasteiger partial charge in [-0.3, -0.25) is 10.1 Å². The molecule has 0 aliphatic heterocycles. The maximum absolute atomic E-state index is 11.9. The standard InChI is InChI=1S/C17H15ClN2O2S/c18-13-6-7-15-14(10-13)19-17(23-15)20-16(21)11-22-9-8-12-4-2-1-3-5-12/h1-7,10H,8-9,11H2,(H,19,20,21). The molecule has 6 heteroatoms. The highest BCUT2D eigenvalue weighted by Crippen LogP contribution is 2.27. The lowest BCUT2D eigenvalue weighted by molar-refractivity contribution is -0.120. The van der Waals surface area contributed by atoms with Crippen LogP contribution in [0.1, 0.15) is 5.56 Å². The molecule has 1 amide bonds. The Bertz CT molecular complexity index is 805. The van der Waals surface area contributed by atoms with Gasteiger partial charge in [-0.15, -0.1) is 0 Å². The van der Waals surface area contributed by atoms with Gasteiger partial charge in [-0.2, -0.15) is 0 Å². The Morgan fingerprint density at radius 3 is 2.87 bits per heavy atom. The Morgan fingerprint density at radius 1 is 1.22 bits per heavy atom. The van der Waals surface area contributed by atoms with Gasteiger partial charge in [-0.25, -0.2) is 4.98 Å². The summed E-state index contributed by atoms with van der Waals surface area (Å²) in [6.07, 6.45) is 0.785. The molecule has 0 bridgehead atoms. The van der Waals surface area contributed by atoms with E-state index >= 15 is 0 Å². The van der Waals surface area contributed by atoms with E-state index in [2.05, 4.69) is 10.3 Å². The minimum atomic E-state index is -0.205. The van der Waals surface area contributed by atoms with E-state index in [0.29, 0.717) is 16.8 Å². The number of amides is 1. The maximum atomic E-state index is 11.9. The van der Waals surface area contributed by atoms with Gasteiger partial charge in [-0.1, -0.05) is 53.3 Å². The first kappa shape index (κ1) is 15.9. The third kappa shape index (κ3) is 4.51. The molecule has 3 rings (SSSR count). The van der Waals surface area contributed by atoms with Gasteiger partial charge >= 0.3 is 0 Å². The van der Waals surface area contributed by atoms with Crippen LogP contribution >= 0.6 is 22.9 Å². The van der Waals surface area contributed by atoms with Crippen LogP contribution in [0.15, 0.2) is 48.5 Å². The van der Waals surface area contributed by atoms with Gasteiger partial charge < -0.3 is 4.74 Å². The number of halogens is 1. The number of anilines is 1. The summed E-state index contributed by atoms with van der Waals surface area (Å²) >= 11 is 7.34. The summed E-state index contributed by atoms with van der Waals surface area (Å²) in [5.74, 6) is -0.205. The fourth-order valence-electron chi connectivity index (χ4n) is 2.11. The number of rotatable bonds is 6. The van der Waals surface area contributed by atoms with E-state index in [9.17, 15) is 4.79 Å². The molecule has 1 N–H and O–H groups in total. The predicted octanol–water partition coefficient (Wildman–Crippen LogP) is 4.15. The Balaban J connectivity index is 1.46. The zero-order chi connectivity index (χ0) is 16.1. The van der Waals surface area contributed by atoms with E-state index < -0.39 is 0 Å². The molecule has 23 heavy (non-hydrogen) atoms. The Hall–Kier alpha value is -1.95. The third-order valence-corrected chi connectivity index (χ3v) is 4.39. The van der Waals surface area contributed by atoms with Crippen LogP contribution in [-0.4, -0.2) is 24.1 Å². The normalized spacial score (nSPS) is 10.8. The summed E-state index contributed by atoms with van der Waals surface area (Å²) in [4.78, 5) is 16.2. The van der Waals surface area contributed by atoms with E-state index in [0.717, 1.165) is 16.6 Å². The first-order chi connectivity index (χ1) is 11.2. The molecule has 0 fully saturated rings. The SMILES string of the molecule is O=C(COCCc1ccccc1)Nc1nc2cc(Cl)ccc2s1. The van der Waals surface area contributed by atoms with Gasteiger partial charge in [0.15, 0.2) is 5.13 Å². The van der Waals surface area contributed by atoms with Crippen molar-refractivity contribution >= 4 is 44.2 Å². The molecule has 1 aromatic heterocycles. The molecule has 0 saturated heterocycles. The number of benzene rings is 2. The first-order valence-electron chi connectivity index (χ1n) is 7.18. The fourth-order valence-corrected chi connectivity index (χ4v) is 3.14. The van der Waals surface area contributed by atoms with Crippen molar-refractivity contribution in [3.63, 3.8) is 0 Å². The Kier molecular flexibility index (Phi) is 5.23. The minimum Gasteiger partial charge on any atom is -0.371 e. The molecule has 1 heterocycles. The summed E-state index contributed by atoms with van der Waals surface area (Å²) in [5.41, 5.74) is 1.97. The lowest BCUT2D eigenvalue weighted by atomic mass is 10.2. The van der Waals surface area contributed by atoms with Crippen molar-refractivity contribution < 1.29 is 9.53 Å². The van der Waals surface area contributed by atoms with Crippen molar-refractivity contribution in [2.75, 3.05) is 18.5 Å². The zero-order valence-corrected chi connectivity index (χ0v) is 13.9. The molecule has 3 aromatic rings. The van der Waals surface area contributed by atoms with Gasteiger partial charge in [-0.05, 0) is 30.2 Å². The van der Waals surface area contributed by atoms with Crippen LogP contribution < -0.4 is 5.32 Å². The number of thiazole rings is 1. The smallest absolute Gasteiger partial charge is 0.252 e. The molecule has 4 nitrogen and oxygen atoms in total. The third-order valence-electron chi connectivity index (χ3n) is 3.21. The summed E-state index contributed by atoms with van der Waals surface area (Å²) in [7, 11) is 0. The molecule has 2 aromatic carbocycles. The average molecular weight is 347 g/mol. The second-order valence-electron chi connectivity index (χ2n) is 4.97. The topological polar surface area (TPSA) is 51.2 Å². The van der Waals surface area contributed by atoms with Crippen molar-refractivity contribution in [2.45, 2.75) is 6.42 Å². The summed E-state index contributed by atoms with van der Waals surface area (Å²) in [6.45, 7) is 0.524. The number of fused-ring (bicyclic) bond motifs is 1. The van der Waals surface area contributed by atoms with Crippen LogP contribution in [0.3, 0.4) is 0 Å². The van der Waals surface area contributed by atoms with Crippen LogP contribution in [0, 0.1) is 0 Å². The molecule has 0 aliphatic rings. The Morgan fingerprint density at radius 2 is 2.04 bits per heavy atom. The van der Waals surface area contributed by atoms with Crippen LogP contribution in [0.25, 0.3) is 10.2 Å². The number of nitrogens with zero attached hydrogens (tertiary/aromatic N) is 1. The lowest BCUT2D eigenvalue weighted by Crippen LogP contribution is -2.18. The number of hydrogen-bond donors (Lipinski definition) is 1. The van der Waals surface area contributed by atoms with E-state index in [1.165, 1.54) is 16.9 Å². The maximum Gasteiger partial charge on any atom is 0.252 e. The fraction of sp³-hybridized carbons (Fsp3) is 0.176. The minimum absolute atomic E-state index is 0.0174. The summed E-state index contributed by atoms with van der Waals surface area (Å²) in [6, 6.07) is 15.5. The van der Waals surface area contributed by atoms with Gasteiger partial charge in [0, 0.05) is 5.02 Å². The van der Waals surface area contributed by atoms with Crippen molar-refractivity contribution in [3.05, 3.63) is 59.1 Å². The number of ether oxygens (including phenoxy) is 1. The number of nitrogens with one attached hydrogen (secondary N) is 1. The monoisotopic (exact) mass is 346 g/mol. The Labute approximate surface area is 143 Å². The number of aromatic nitrogens is 1. The van der Waals surface area contributed by atoms with Crippen LogP contribution in [-0.2, 0) is 16.0 Å². The van der Waals surface area contributed by atoms with Gasteiger partial charge in [0.2, 0.25) is 0 Å². The molecule has 0 atom stereocenters. The quantitative estimate of drug-likeness (QED) is 0.682. The van der Waals surface area contributed by atoms with Crippen molar-refractivity contribution in [3.8, 4) is 0 Å². The molecular weight excluding hydrogens is 332 g/mol. The summed E-state index contributed by atoms with van der Waals surface area (Å²) < 4.78 is 6.39. The lowest BCUT2D eigenvalue weighted by Gasteiger charge is -2.04. The predicted molar refractivity (Wildman–Crippen MR) is 94.2 cm³/mol. The molecular formula is C17H15ClN2O2S. The van der Waals surface area contributed by atoms with E-state index in [1.807, 2.05) is 36.4 Å². The molecule has 0 radical (unpaired) electrons. The first-order valence-corrected chi connectivity index (χ1v) is 8.38. The highest BCUT2D eigenvalue weighted by Gasteiger charge is 2.08. The van der Waals surface area contributed by atoms with Gasteiger partial charge in [0.05, 0.1) is 16.8 Å². The van der Waals surface area contributed by atoms with Crippen molar-refractivity contribution in [1.29, 1.82) is 0 Å². The van der Waals surface area contributed by atoms with Crippen molar-refractivity contribution in [2.24, 2.45) is 0 Å². The van der Waals surface area contributed by atoms with Crippen LogP contribution in [0.2, 0.25) is 5.02 Å². The molecule has 0 aliphatic carbocycles. The van der Waals surface area contributed by atoms with Crippen LogP contribution in [0.5, 0.6) is 0 Å². The molecule has 0 unspecified atom stereocenters. The largest absolute Gasteiger partial charge is 0.371 e. The average Bonchev–Trinajstić information content (AvgIpc) is 2.94. The van der Waals surface area contributed by atoms with Gasteiger partial charge in [0.25, 0.3) is 5.91 Å². The molecule has 0 spiro atoms. The number of carbonyl (C=O) groups is 1. The number of hydrogen-bond acceptors (Lipinski definition) is 4. The molecule has 118 valence electrons. The highest BCUT2D eigenvalue weighted by molar-refractivity contribution is 7.22. The number of carbonyl (C=O) groups excluding carboxylic acids is 1. The van der Waals surface area contributed by atoms with E-state index in [-0.39, 0.29) is 12.5 Å². The van der Waals surface area contributed by atoms with Gasteiger partial charge in [0.1, 0.15) is 6.61 Å². The second kappa shape index (κ2) is 7.55.